The second-order valence-electron chi connectivity index (χ2n) is 8.67. The van der Waals surface area contributed by atoms with Gasteiger partial charge in [0.1, 0.15) is 5.82 Å². The number of carboxylic acid groups (broad SMARTS) is 1. The van der Waals surface area contributed by atoms with Crippen LogP contribution in [-0.2, 0) is 17.8 Å². The van der Waals surface area contributed by atoms with Gasteiger partial charge in [-0.25, -0.2) is 4.39 Å². The molecule has 0 spiro atoms. The van der Waals surface area contributed by atoms with Crippen molar-refractivity contribution in [1.82, 2.24) is 10.2 Å². The highest BCUT2D eigenvalue weighted by atomic mass is 32.1. The zero-order valence-corrected chi connectivity index (χ0v) is 21.4. The smallest absolute Gasteiger partial charge is 0.305 e. The number of amides is 2. The highest BCUT2D eigenvalue weighted by Crippen LogP contribution is 2.28. The van der Waals surface area contributed by atoms with Gasteiger partial charge >= 0.3 is 5.97 Å². The summed E-state index contributed by atoms with van der Waals surface area (Å²) in [6.07, 6.45) is 0.446. The molecule has 1 aromatic heterocycles. The zero-order valence-electron chi connectivity index (χ0n) is 20.6. The fourth-order valence-electron chi connectivity index (χ4n) is 4.16. The van der Waals surface area contributed by atoms with Gasteiger partial charge in [-0.1, -0.05) is 54.6 Å². The first-order chi connectivity index (χ1) is 18.4. The summed E-state index contributed by atoms with van der Waals surface area (Å²) in [7, 11) is 0. The molecule has 38 heavy (non-hydrogen) atoms. The van der Waals surface area contributed by atoms with E-state index in [2.05, 4.69) is 5.32 Å². The normalized spacial score (nSPS) is 10.7. The predicted molar refractivity (Wildman–Crippen MR) is 146 cm³/mol. The van der Waals surface area contributed by atoms with E-state index < -0.39 is 5.97 Å². The van der Waals surface area contributed by atoms with Gasteiger partial charge in [-0.05, 0) is 58.8 Å². The van der Waals surface area contributed by atoms with Gasteiger partial charge in [-0.3, -0.25) is 14.4 Å². The molecule has 0 unspecified atom stereocenters. The molecular weight excluding hydrogens is 503 g/mol. The van der Waals surface area contributed by atoms with Gasteiger partial charge < -0.3 is 15.3 Å². The van der Waals surface area contributed by atoms with E-state index in [9.17, 15) is 23.9 Å². The number of nitrogens with one attached hydrogen (secondary N) is 1. The van der Waals surface area contributed by atoms with Crippen molar-refractivity contribution in [3.63, 3.8) is 0 Å². The fourth-order valence-corrected chi connectivity index (χ4v) is 4.86. The Bertz CT molecular complexity index is 1420. The third kappa shape index (κ3) is 6.92. The lowest BCUT2D eigenvalue weighted by atomic mass is 9.94. The Hall–Kier alpha value is -4.30. The molecule has 8 heteroatoms. The Balaban J connectivity index is 1.60. The van der Waals surface area contributed by atoms with Crippen LogP contribution in [0, 0.1) is 5.82 Å². The molecule has 1 heterocycles. The molecule has 0 aliphatic rings. The van der Waals surface area contributed by atoms with Crippen molar-refractivity contribution in [2.75, 3.05) is 13.1 Å². The lowest BCUT2D eigenvalue weighted by Gasteiger charge is -2.23. The Morgan fingerprint density at radius 2 is 1.55 bits per heavy atom. The highest BCUT2D eigenvalue weighted by molar-refractivity contribution is 7.09. The quantitative estimate of drug-likeness (QED) is 0.263. The second kappa shape index (κ2) is 12.8. The monoisotopic (exact) mass is 530 g/mol. The Labute approximate surface area is 224 Å². The van der Waals surface area contributed by atoms with Crippen molar-refractivity contribution in [1.29, 1.82) is 0 Å². The standard InChI is InChI=1S/C30H27FN2O4S/c31-22-8-5-7-21(19-22)20-32-29(36)26-12-3-1-10-24(26)25-11-2-4-13-27(25)30(37)33(17-15-28(34)35)16-14-23-9-6-18-38-23/h1-13,18-19H,14-17,20H2,(H,32,36)(H,34,35). The van der Waals surface area contributed by atoms with E-state index in [1.54, 1.807) is 76.9 Å². The van der Waals surface area contributed by atoms with Crippen LogP contribution in [0.5, 0.6) is 0 Å². The summed E-state index contributed by atoms with van der Waals surface area (Å²) in [6.45, 7) is 0.595. The average Bonchev–Trinajstić information content (AvgIpc) is 3.45. The molecule has 0 aliphatic carbocycles. The van der Waals surface area contributed by atoms with E-state index in [0.29, 0.717) is 40.8 Å². The number of carbonyl (C=O) groups is 3. The molecule has 2 N–H and O–H groups in total. The molecule has 0 fully saturated rings. The molecule has 0 atom stereocenters. The first-order valence-corrected chi connectivity index (χ1v) is 13.0. The fraction of sp³-hybridized carbons (Fsp3) is 0.167. The summed E-state index contributed by atoms with van der Waals surface area (Å²) < 4.78 is 13.5. The molecule has 4 aromatic rings. The third-order valence-electron chi connectivity index (χ3n) is 6.05. The average molecular weight is 531 g/mol. The van der Waals surface area contributed by atoms with Crippen LogP contribution in [0.25, 0.3) is 11.1 Å². The first-order valence-electron chi connectivity index (χ1n) is 12.2. The number of thiophene rings is 1. The molecule has 4 rings (SSSR count). The summed E-state index contributed by atoms with van der Waals surface area (Å²) in [5.41, 5.74) is 2.54. The maximum atomic E-state index is 13.7. The van der Waals surface area contributed by atoms with Gasteiger partial charge in [0.15, 0.2) is 0 Å². The number of benzene rings is 3. The van der Waals surface area contributed by atoms with E-state index in [4.69, 9.17) is 0 Å². The topological polar surface area (TPSA) is 86.7 Å². The van der Waals surface area contributed by atoms with Crippen molar-refractivity contribution in [3.05, 3.63) is 118 Å². The van der Waals surface area contributed by atoms with E-state index in [0.717, 1.165) is 4.88 Å². The number of hydrogen-bond donors (Lipinski definition) is 2. The molecule has 0 bridgehead atoms. The number of carboxylic acids is 1. The summed E-state index contributed by atoms with van der Waals surface area (Å²) in [6, 6.07) is 23.9. The summed E-state index contributed by atoms with van der Waals surface area (Å²) in [4.78, 5) is 40.8. The van der Waals surface area contributed by atoms with Gasteiger partial charge in [-0.15, -0.1) is 11.3 Å². The van der Waals surface area contributed by atoms with Crippen LogP contribution in [0.3, 0.4) is 0 Å². The van der Waals surface area contributed by atoms with Crippen LogP contribution in [0.1, 0.15) is 37.6 Å². The van der Waals surface area contributed by atoms with Crippen molar-refractivity contribution >= 4 is 29.1 Å². The maximum Gasteiger partial charge on any atom is 0.305 e. The van der Waals surface area contributed by atoms with Crippen LogP contribution in [0.15, 0.2) is 90.3 Å². The van der Waals surface area contributed by atoms with Gasteiger partial charge in [-0.2, -0.15) is 0 Å². The summed E-state index contributed by atoms with van der Waals surface area (Å²) in [5, 5.41) is 14.0. The van der Waals surface area contributed by atoms with E-state index in [-0.39, 0.29) is 37.1 Å². The van der Waals surface area contributed by atoms with Crippen molar-refractivity contribution < 1.29 is 23.9 Å². The largest absolute Gasteiger partial charge is 0.481 e. The molecule has 0 aliphatic heterocycles. The summed E-state index contributed by atoms with van der Waals surface area (Å²) in [5.74, 6) is -2.01. The molecule has 0 saturated carbocycles. The number of rotatable bonds is 11. The molecule has 6 nitrogen and oxygen atoms in total. The van der Waals surface area contributed by atoms with Crippen molar-refractivity contribution in [2.45, 2.75) is 19.4 Å². The lowest BCUT2D eigenvalue weighted by molar-refractivity contribution is -0.137. The van der Waals surface area contributed by atoms with Gasteiger partial charge in [0.2, 0.25) is 0 Å². The van der Waals surface area contributed by atoms with Crippen LogP contribution >= 0.6 is 11.3 Å². The molecule has 3 aromatic carbocycles. The highest BCUT2D eigenvalue weighted by Gasteiger charge is 2.22. The molecule has 194 valence electrons. The third-order valence-corrected chi connectivity index (χ3v) is 6.99. The Kier molecular flexibility index (Phi) is 9.00. The van der Waals surface area contributed by atoms with Gasteiger partial charge in [0.25, 0.3) is 11.8 Å². The maximum absolute atomic E-state index is 13.7. The molecular formula is C30H27FN2O4S. The minimum Gasteiger partial charge on any atom is -0.481 e. The Morgan fingerprint density at radius 1 is 0.842 bits per heavy atom. The predicted octanol–water partition coefficient (Wildman–Crippen LogP) is 5.64. The molecule has 0 radical (unpaired) electrons. The van der Waals surface area contributed by atoms with Crippen LogP contribution in [0.2, 0.25) is 0 Å². The van der Waals surface area contributed by atoms with Crippen LogP contribution in [0.4, 0.5) is 4.39 Å². The lowest BCUT2D eigenvalue weighted by Crippen LogP contribution is -2.35. The van der Waals surface area contributed by atoms with Crippen LogP contribution in [-0.4, -0.2) is 40.9 Å². The first kappa shape index (κ1) is 26.8. The minimum absolute atomic E-state index is 0.0731. The zero-order chi connectivity index (χ0) is 26.9. The molecule has 2 amide bonds. The van der Waals surface area contributed by atoms with Gasteiger partial charge in [0.05, 0.1) is 6.42 Å². The Morgan fingerprint density at radius 3 is 2.24 bits per heavy atom. The summed E-state index contributed by atoms with van der Waals surface area (Å²) >= 11 is 1.59. The van der Waals surface area contributed by atoms with Crippen molar-refractivity contribution in [3.8, 4) is 11.1 Å². The number of halogens is 1. The SMILES string of the molecule is O=C(O)CCN(CCc1cccs1)C(=O)c1ccccc1-c1ccccc1C(=O)NCc1cccc(F)c1. The van der Waals surface area contributed by atoms with E-state index >= 15 is 0 Å². The number of hydrogen-bond acceptors (Lipinski definition) is 4. The van der Waals surface area contributed by atoms with Crippen LogP contribution < -0.4 is 5.32 Å². The van der Waals surface area contributed by atoms with E-state index in [1.807, 2.05) is 17.5 Å². The molecule has 0 saturated heterocycles. The number of nitrogens with zero attached hydrogens (tertiary/aromatic N) is 1. The van der Waals surface area contributed by atoms with E-state index in [1.165, 1.54) is 12.1 Å². The number of aliphatic carboxylic acids is 1. The second-order valence-corrected chi connectivity index (χ2v) is 9.70. The number of carbonyl (C=O) groups excluding carboxylic acids is 2. The minimum atomic E-state index is -0.979. The van der Waals surface area contributed by atoms with Crippen molar-refractivity contribution in [2.24, 2.45) is 0 Å². The van der Waals surface area contributed by atoms with Gasteiger partial charge in [0, 0.05) is 35.6 Å².